The maximum absolute atomic E-state index is 12.4. The lowest BCUT2D eigenvalue weighted by atomic mass is 10.2. The topological polar surface area (TPSA) is 73.1 Å². The Morgan fingerprint density at radius 2 is 1.95 bits per heavy atom. The number of rotatable bonds is 4. The fraction of sp³-hybridized carbons (Fsp3) is 0.231. The van der Waals surface area contributed by atoms with Crippen LogP contribution in [0.5, 0.6) is 5.75 Å². The van der Waals surface area contributed by atoms with Crippen molar-refractivity contribution in [2.24, 2.45) is 0 Å². The van der Waals surface area contributed by atoms with Gasteiger partial charge in [0.15, 0.2) is 5.69 Å². The lowest BCUT2D eigenvalue weighted by Gasteiger charge is -2.11. The van der Waals surface area contributed by atoms with E-state index in [0.29, 0.717) is 18.0 Å². The van der Waals surface area contributed by atoms with Gasteiger partial charge in [-0.25, -0.2) is 0 Å². The first-order valence-electron chi connectivity index (χ1n) is 5.97. The number of halogens is 3. The molecule has 1 aromatic carbocycles. The molecule has 0 aliphatic rings. The van der Waals surface area contributed by atoms with E-state index < -0.39 is 11.9 Å². The number of alkyl halides is 3. The average Bonchev–Trinajstić information content (AvgIpc) is 2.45. The van der Waals surface area contributed by atoms with Gasteiger partial charge in [-0.1, -0.05) is 0 Å². The molecule has 8 heteroatoms. The second-order valence-electron chi connectivity index (χ2n) is 4.23. The molecule has 0 saturated carbocycles. The van der Waals surface area contributed by atoms with Crippen molar-refractivity contribution in [3.63, 3.8) is 0 Å². The quantitative estimate of drug-likeness (QED) is 0.849. The predicted molar refractivity (Wildman–Crippen MR) is 71.8 cm³/mol. The van der Waals surface area contributed by atoms with Crippen molar-refractivity contribution in [1.29, 1.82) is 0 Å². The van der Waals surface area contributed by atoms with Crippen LogP contribution in [0.4, 0.5) is 24.7 Å². The van der Waals surface area contributed by atoms with E-state index in [1.807, 2.05) is 0 Å². The summed E-state index contributed by atoms with van der Waals surface area (Å²) < 4.78 is 42.3. The normalized spacial score (nSPS) is 11.2. The van der Waals surface area contributed by atoms with Crippen LogP contribution in [0.3, 0.4) is 0 Å². The minimum absolute atomic E-state index is 0.229. The van der Waals surface area contributed by atoms with E-state index in [9.17, 15) is 13.2 Å². The minimum Gasteiger partial charge on any atom is -0.496 e. The van der Waals surface area contributed by atoms with Gasteiger partial charge in [-0.2, -0.15) is 13.2 Å². The fourth-order valence-corrected chi connectivity index (χ4v) is 1.70. The molecule has 0 aliphatic carbocycles. The second kappa shape index (κ2) is 5.86. The summed E-state index contributed by atoms with van der Waals surface area (Å²) in [6, 6.07) is 7.20. The number of benzene rings is 1. The Hall–Kier alpha value is -2.51. The van der Waals surface area contributed by atoms with Crippen molar-refractivity contribution >= 4 is 11.5 Å². The molecule has 3 N–H and O–H groups in total. The van der Waals surface area contributed by atoms with Gasteiger partial charge in [0.05, 0.1) is 7.11 Å². The first-order chi connectivity index (χ1) is 9.90. The Labute approximate surface area is 118 Å². The molecule has 1 aromatic heterocycles. The van der Waals surface area contributed by atoms with Gasteiger partial charge < -0.3 is 15.8 Å². The van der Waals surface area contributed by atoms with E-state index in [0.717, 1.165) is 11.6 Å². The van der Waals surface area contributed by atoms with Crippen molar-refractivity contribution < 1.29 is 17.9 Å². The van der Waals surface area contributed by atoms with E-state index >= 15 is 0 Å². The Morgan fingerprint density at radius 3 is 2.52 bits per heavy atom. The molecule has 0 atom stereocenters. The number of nitrogens with zero attached hydrogens (tertiary/aromatic N) is 2. The smallest absolute Gasteiger partial charge is 0.435 e. The zero-order valence-corrected chi connectivity index (χ0v) is 11.1. The van der Waals surface area contributed by atoms with Crippen LogP contribution in [-0.4, -0.2) is 17.3 Å². The standard InChI is InChI=1S/C13H13F3N4O/c1-21-10-3-2-9(17)6-8(10)7-18-12-5-4-11(19-20-12)13(14,15)16/h2-6H,7,17H2,1H3,(H,18,20). The van der Waals surface area contributed by atoms with E-state index in [1.54, 1.807) is 18.2 Å². The van der Waals surface area contributed by atoms with Crippen LogP contribution in [0.15, 0.2) is 30.3 Å². The van der Waals surface area contributed by atoms with Gasteiger partial charge in [-0.15, -0.1) is 10.2 Å². The second-order valence-corrected chi connectivity index (χ2v) is 4.23. The largest absolute Gasteiger partial charge is 0.496 e. The van der Waals surface area contributed by atoms with Crippen molar-refractivity contribution in [3.8, 4) is 5.75 Å². The minimum atomic E-state index is -4.50. The summed E-state index contributed by atoms with van der Waals surface area (Å²) in [4.78, 5) is 0. The third-order valence-electron chi connectivity index (χ3n) is 2.72. The molecule has 0 amide bonds. The first-order valence-corrected chi connectivity index (χ1v) is 5.97. The maximum Gasteiger partial charge on any atom is 0.435 e. The zero-order valence-electron chi connectivity index (χ0n) is 11.1. The molecule has 2 aromatic rings. The number of nitrogen functional groups attached to an aromatic ring is 1. The molecule has 0 fully saturated rings. The summed E-state index contributed by atoms with van der Waals surface area (Å²) in [5.41, 5.74) is 5.97. The van der Waals surface area contributed by atoms with E-state index in [-0.39, 0.29) is 5.82 Å². The highest BCUT2D eigenvalue weighted by Crippen LogP contribution is 2.27. The zero-order chi connectivity index (χ0) is 15.5. The summed E-state index contributed by atoms with van der Waals surface area (Å²) in [7, 11) is 1.52. The van der Waals surface area contributed by atoms with Gasteiger partial charge in [-0.05, 0) is 30.3 Å². The Bertz CT molecular complexity index is 614. The number of ether oxygens (including phenoxy) is 1. The fourth-order valence-electron chi connectivity index (χ4n) is 1.70. The SMILES string of the molecule is COc1ccc(N)cc1CNc1ccc(C(F)(F)F)nn1. The molecule has 1 heterocycles. The summed E-state index contributed by atoms with van der Waals surface area (Å²) >= 11 is 0. The molecule has 0 saturated heterocycles. The Kier molecular flexibility index (Phi) is 4.15. The average molecular weight is 298 g/mol. The van der Waals surface area contributed by atoms with Gasteiger partial charge in [0.1, 0.15) is 11.6 Å². The number of anilines is 2. The summed E-state index contributed by atoms with van der Waals surface area (Å²) in [5.74, 6) is 0.851. The highest BCUT2D eigenvalue weighted by atomic mass is 19.4. The lowest BCUT2D eigenvalue weighted by Crippen LogP contribution is -2.10. The van der Waals surface area contributed by atoms with Crippen molar-refractivity contribution in [2.45, 2.75) is 12.7 Å². The molecule has 0 spiro atoms. The molecule has 0 bridgehead atoms. The van der Waals surface area contributed by atoms with Gasteiger partial charge in [0, 0.05) is 17.8 Å². The molecule has 0 radical (unpaired) electrons. The van der Waals surface area contributed by atoms with Gasteiger partial charge in [0.25, 0.3) is 0 Å². The van der Waals surface area contributed by atoms with E-state index in [4.69, 9.17) is 10.5 Å². The summed E-state index contributed by atoms with van der Waals surface area (Å²) in [6.45, 7) is 0.300. The molecule has 112 valence electrons. The number of nitrogens with two attached hydrogens (primary N) is 1. The highest BCUT2D eigenvalue weighted by Gasteiger charge is 2.32. The number of hydrogen-bond donors (Lipinski definition) is 2. The molecular weight excluding hydrogens is 285 g/mol. The number of aromatic nitrogens is 2. The lowest BCUT2D eigenvalue weighted by molar-refractivity contribution is -0.141. The molecule has 2 rings (SSSR count). The van der Waals surface area contributed by atoms with Crippen molar-refractivity contribution in [1.82, 2.24) is 10.2 Å². The van der Waals surface area contributed by atoms with Crippen LogP contribution < -0.4 is 15.8 Å². The first kappa shape index (κ1) is 14.9. The van der Waals surface area contributed by atoms with Gasteiger partial charge in [0.2, 0.25) is 0 Å². The van der Waals surface area contributed by atoms with Crippen LogP contribution in [0, 0.1) is 0 Å². The summed E-state index contributed by atoms with van der Waals surface area (Å²) in [5, 5.41) is 9.48. The molecule has 0 aliphatic heterocycles. The van der Waals surface area contributed by atoms with Crippen molar-refractivity contribution in [2.75, 3.05) is 18.2 Å². The Balaban J connectivity index is 2.08. The van der Waals surface area contributed by atoms with Crippen LogP contribution in [0.1, 0.15) is 11.3 Å². The highest BCUT2D eigenvalue weighted by molar-refractivity contribution is 5.49. The van der Waals surface area contributed by atoms with Crippen LogP contribution >= 0.6 is 0 Å². The van der Waals surface area contributed by atoms with E-state index in [1.165, 1.54) is 13.2 Å². The molecule has 0 unspecified atom stereocenters. The predicted octanol–water partition coefficient (Wildman–Crippen LogP) is 2.70. The Morgan fingerprint density at radius 1 is 1.19 bits per heavy atom. The van der Waals surface area contributed by atoms with Crippen LogP contribution in [-0.2, 0) is 12.7 Å². The third kappa shape index (κ3) is 3.74. The van der Waals surface area contributed by atoms with Crippen molar-refractivity contribution in [3.05, 3.63) is 41.6 Å². The molecule has 5 nitrogen and oxygen atoms in total. The third-order valence-corrected chi connectivity index (χ3v) is 2.72. The van der Waals surface area contributed by atoms with Crippen LogP contribution in [0.2, 0.25) is 0 Å². The molecular formula is C13H13F3N4O. The van der Waals surface area contributed by atoms with Gasteiger partial charge in [-0.3, -0.25) is 0 Å². The van der Waals surface area contributed by atoms with E-state index in [2.05, 4.69) is 15.5 Å². The van der Waals surface area contributed by atoms with Gasteiger partial charge >= 0.3 is 6.18 Å². The summed E-state index contributed by atoms with van der Waals surface area (Å²) in [6.07, 6.45) is -4.50. The maximum atomic E-state index is 12.4. The van der Waals surface area contributed by atoms with Crippen LogP contribution in [0.25, 0.3) is 0 Å². The number of nitrogens with one attached hydrogen (secondary N) is 1. The number of methoxy groups -OCH3 is 1. The molecule has 21 heavy (non-hydrogen) atoms. The number of hydrogen-bond acceptors (Lipinski definition) is 5. The monoisotopic (exact) mass is 298 g/mol.